The Morgan fingerprint density at radius 1 is 1.50 bits per heavy atom. The van der Waals surface area contributed by atoms with Gasteiger partial charge in [-0.3, -0.25) is 0 Å². The molecule has 0 unspecified atom stereocenters. The molecule has 2 N–H and O–H groups in total. The molecule has 88 valence electrons. The number of halogens is 1. The first-order chi connectivity index (χ1) is 7.47. The number of ether oxygens (including phenoxy) is 1. The molecule has 0 bridgehead atoms. The van der Waals surface area contributed by atoms with E-state index in [1.54, 1.807) is 6.07 Å². The zero-order chi connectivity index (χ0) is 11.9. The van der Waals surface area contributed by atoms with Crippen LogP contribution >= 0.6 is 15.9 Å². The second kappa shape index (κ2) is 3.93. The zero-order valence-corrected chi connectivity index (χ0v) is 11.0. The molecule has 0 atom stereocenters. The van der Waals surface area contributed by atoms with E-state index in [9.17, 15) is 10.2 Å². The Labute approximate surface area is 103 Å². The molecule has 0 aliphatic heterocycles. The lowest BCUT2D eigenvalue weighted by Crippen LogP contribution is -2.12. The van der Waals surface area contributed by atoms with Crippen molar-refractivity contribution in [3.63, 3.8) is 0 Å². The minimum Gasteiger partial charge on any atom is -0.503 e. The van der Waals surface area contributed by atoms with E-state index in [1.165, 1.54) is 7.11 Å². The lowest BCUT2D eigenvalue weighted by atomic mass is 10.0. The van der Waals surface area contributed by atoms with Gasteiger partial charge in [0.1, 0.15) is 0 Å². The molecule has 1 saturated carbocycles. The van der Waals surface area contributed by atoms with E-state index in [0.29, 0.717) is 16.6 Å². The molecule has 16 heavy (non-hydrogen) atoms. The third-order valence-electron chi connectivity index (χ3n) is 3.08. The molecule has 4 heteroatoms. The maximum absolute atomic E-state index is 9.91. The fourth-order valence-electron chi connectivity index (χ4n) is 1.80. The summed E-state index contributed by atoms with van der Waals surface area (Å²) in [5.74, 6) is 0.559. The fraction of sp³-hybridized carbons (Fsp3) is 0.500. The van der Waals surface area contributed by atoms with Gasteiger partial charge in [0.15, 0.2) is 11.5 Å². The van der Waals surface area contributed by atoms with Gasteiger partial charge in [0.2, 0.25) is 0 Å². The van der Waals surface area contributed by atoms with Crippen LogP contribution in [0.2, 0.25) is 0 Å². The Morgan fingerprint density at radius 3 is 2.62 bits per heavy atom. The SMILES string of the molecule is COc1cc(C)c(CC2(O)CC2)c(Br)c1O. The van der Waals surface area contributed by atoms with E-state index < -0.39 is 5.60 Å². The number of aliphatic hydroxyl groups is 1. The summed E-state index contributed by atoms with van der Waals surface area (Å²) in [7, 11) is 1.52. The molecular weight excluding hydrogens is 272 g/mol. The number of benzene rings is 1. The molecule has 1 aromatic rings. The van der Waals surface area contributed by atoms with Gasteiger partial charge in [0, 0.05) is 6.42 Å². The maximum atomic E-state index is 9.91. The summed E-state index contributed by atoms with van der Waals surface area (Å²) in [6.07, 6.45) is 2.26. The smallest absolute Gasteiger partial charge is 0.172 e. The predicted molar refractivity (Wildman–Crippen MR) is 65.0 cm³/mol. The van der Waals surface area contributed by atoms with E-state index in [1.807, 2.05) is 6.92 Å². The van der Waals surface area contributed by atoms with Crippen LogP contribution in [0.1, 0.15) is 24.0 Å². The van der Waals surface area contributed by atoms with Crippen LogP contribution in [0.3, 0.4) is 0 Å². The van der Waals surface area contributed by atoms with Crippen LogP contribution < -0.4 is 4.74 Å². The standard InChI is InChI=1S/C12H15BrO3/c1-7-5-9(16-2)11(14)10(13)8(7)6-12(15)3-4-12/h5,14-15H,3-4,6H2,1-2H3. The van der Waals surface area contributed by atoms with E-state index in [2.05, 4.69) is 15.9 Å². The predicted octanol–water partition coefficient (Wildman–Crippen LogP) is 2.54. The maximum Gasteiger partial charge on any atom is 0.172 e. The van der Waals surface area contributed by atoms with Crippen LogP contribution in [0.25, 0.3) is 0 Å². The van der Waals surface area contributed by atoms with Crippen LogP contribution in [0.4, 0.5) is 0 Å². The third-order valence-corrected chi connectivity index (χ3v) is 3.94. The largest absolute Gasteiger partial charge is 0.503 e. The van der Waals surface area contributed by atoms with Gasteiger partial charge in [-0.2, -0.15) is 0 Å². The average Bonchev–Trinajstić information content (AvgIpc) is 2.97. The number of rotatable bonds is 3. The minimum atomic E-state index is -0.561. The number of methoxy groups -OCH3 is 1. The Hall–Kier alpha value is -0.740. The van der Waals surface area contributed by atoms with Gasteiger partial charge >= 0.3 is 0 Å². The van der Waals surface area contributed by atoms with Gasteiger partial charge in [-0.05, 0) is 52.9 Å². The second-order valence-electron chi connectivity index (χ2n) is 4.44. The van der Waals surface area contributed by atoms with Crippen molar-refractivity contribution in [3.05, 3.63) is 21.7 Å². The molecule has 0 heterocycles. The summed E-state index contributed by atoms with van der Waals surface area (Å²) in [5.41, 5.74) is 1.41. The highest BCUT2D eigenvalue weighted by atomic mass is 79.9. The number of phenolic OH excluding ortho intramolecular Hbond substituents is 1. The molecule has 0 saturated heterocycles. The number of aromatic hydroxyl groups is 1. The molecular formula is C12H15BrO3. The van der Waals surface area contributed by atoms with Gasteiger partial charge < -0.3 is 14.9 Å². The van der Waals surface area contributed by atoms with Crippen molar-refractivity contribution in [1.29, 1.82) is 0 Å². The summed E-state index contributed by atoms with van der Waals surface area (Å²) in [6, 6.07) is 1.79. The highest BCUT2D eigenvalue weighted by Crippen LogP contribution is 2.44. The molecule has 2 rings (SSSR count). The van der Waals surface area contributed by atoms with E-state index >= 15 is 0 Å². The van der Waals surface area contributed by atoms with Crippen molar-refractivity contribution in [2.24, 2.45) is 0 Å². The molecule has 1 aliphatic rings. The van der Waals surface area contributed by atoms with E-state index in [-0.39, 0.29) is 5.75 Å². The van der Waals surface area contributed by atoms with Gasteiger partial charge in [0.25, 0.3) is 0 Å². The molecule has 0 radical (unpaired) electrons. The van der Waals surface area contributed by atoms with Gasteiger partial charge in [-0.15, -0.1) is 0 Å². The van der Waals surface area contributed by atoms with Gasteiger partial charge in [0.05, 0.1) is 17.2 Å². The first-order valence-electron chi connectivity index (χ1n) is 5.24. The molecule has 1 aliphatic carbocycles. The molecule has 0 aromatic heterocycles. The normalized spacial score (nSPS) is 17.2. The Balaban J connectivity index is 2.41. The monoisotopic (exact) mass is 286 g/mol. The highest BCUT2D eigenvalue weighted by Gasteiger charge is 2.41. The van der Waals surface area contributed by atoms with Crippen LogP contribution in [0.15, 0.2) is 10.5 Å². The topological polar surface area (TPSA) is 49.7 Å². The number of aryl methyl sites for hydroxylation is 1. The van der Waals surface area contributed by atoms with Crippen LogP contribution in [0, 0.1) is 6.92 Å². The van der Waals surface area contributed by atoms with Crippen LogP contribution in [-0.2, 0) is 6.42 Å². The molecule has 0 spiro atoms. The van der Waals surface area contributed by atoms with Crippen molar-refractivity contribution in [3.8, 4) is 11.5 Å². The van der Waals surface area contributed by atoms with Crippen molar-refractivity contribution < 1.29 is 14.9 Å². The van der Waals surface area contributed by atoms with E-state index in [0.717, 1.165) is 24.0 Å². The Morgan fingerprint density at radius 2 is 2.12 bits per heavy atom. The lowest BCUT2D eigenvalue weighted by molar-refractivity contribution is 0.150. The molecule has 1 aromatic carbocycles. The average molecular weight is 287 g/mol. The second-order valence-corrected chi connectivity index (χ2v) is 5.23. The summed E-state index contributed by atoms with van der Waals surface area (Å²) in [4.78, 5) is 0. The lowest BCUT2D eigenvalue weighted by Gasteiger charge is -2.15. The third kappa shape index (κ3) is 2.04. The molecule has 0 amide bonds. The Bertz CT molecular complexity index is 425. The van der Waals surface area contributed by atoms with E-state index in [4.69, 9.17) is 4.74 Å². The van der Waals surface area contributed by atoms with Crippen molar-refractivity contribution in [2.45, 2.75) is 31.8 Å². The van der Waals surface area contributed by atoms with Crippen LogP contribution in [-0.4, -0.2) is 22.9 Å². The van der Waals surface area contributed by atoms with Gasteiger partial charge in [-0.1, -0.05) is 0 Å². The van der Waals surface area contributed by atoms with Crippen molar-refractivity contribution in [1.82, 2.24) is 0 Å². The molecule has 3 nitrogen and oxygen atoms in total. The Kier molecular flexibility index (Phi) is 2.88. The first kappa shape index (κ1) is 11.7. The highest BCUT2D eigenvalue weighted by molar-refractivity contribution is 9.10. The number of hydrogen-bond acceptors (Lipinski definition) is 3. The quantitative estimate of drug-likeness (QED) is 0.898. The summed E-state index contributed by atoms with van der Waals surface area (Å²) in [5, 5.41) is 19.8. The first-order valence-corrected chi connectivity index (χ1v) is 6.03. The van der Waals surface area contributed by atoms with Crippen LogP contribution in [0.5, 0.6) is 11.5 Å². The minimum absolute atomic E-state index is 0.104. The van der Waals surface area contributed by atoms with Crippen molar-refractivity contribution in [2.75, 3.05) is 7.11 Å². The fourth-order valence-corrected chi connectivity index (χ4v) is 2.45. The van der Waals surface area contributed by atoms with Gasteiger partial charge in [-0.25, -0.2) is 0 Å². The van der Waals surface area contributed by atoms with Crippen molar-refractivity contribution >= 4 is 15.9 Å². The number of hydrogen-bond donors (Lipinski definition) is 2. The molecule has 1 fully saturated rings. The summed E-state index contributed by atoms with van der Waals surface area (Å²) in [6.45, 7) is 1.95. The number of phenols is 1. The summed E-state index contributed by atoms with van der Waals surface area (Å²) >= 11 is 3.36. The zero-order valence-electron chi connectivity index (χ0n) is 9.38. The summed E-state index contributed by atoms with van der Waals surface area (Å²) < 4.78 is 5.69.